The van der Waals surface area contributed by atoms with E-state index >= 15 is 0 Å². The van der Waals surface area contributed by atoms with Gasteiger partial charge in [-0.2, -0.15) is 5.26 Å². The van der Waals surface area contributed by atoms with Crippen LogP contribution < -0.4 is 9.62 Å². The van der Waals surface area contributed by atoms with E-state index in [1.165, 1.54) is 11.8 Å². The smallest absolute Gasteiger partial charge is 0.250 e. The second-order valence-electron chi connectivity index (χ2n) is 10.5. The minimum atomic E-state index is -4.17. The molecule has 0 saturated carbocycles. The Bertz CT molecular complexity index is 1550. The average molecular weight is 566 g/mol. The summed E-state index contributed by atoms with van der Waals surface area (Å²) in [5.74, 6) is 0. The molecule has 2 aliphatic heterocycles. The lowest BCUT2D eigenvalue weighted by molar-refractivity contribution is -0.131. The number of likely N-dealkylation sites (N-methyl/N-ethyl adjacent to an activating group) is 1. The number of sulfonamides is 1. The molecule has 3 N–H and O–H groups in total. The maximum Gasteiger partial charge on any atom is 0.250 e. The first-order valence-electron chi connectivity index (χ1n) is 13.4. The molecular formula is C29H35N5O5S. The number of aromatic nitrogens is 1. The molecule has 3 heterocycles. The summed E-state index contributed by atoms with van der Waals surface area (Å²) in [4.78, 5) is 4.29. The molecule has 5 rings (SSSR count). The van der Waals surface area contributed by atoms with Crippen LogP contribution in [0.2, 0.25) is 0 Å². The first-order chi connectivity index (χ1) is 19.2. The van der Waals surface area contributed by atoms with Crippen molar-refractivity contribution in [3.05, 3.63) is 59.1 Å². The van der Waals surface area contributed by atoms with Crippen molar-refractivity contribution in [3.63, 3.8) is 0 Å². The van der Waals surface area contributed by atoms with Crippen molar-refractivity contribution in [1.29, 1.82) is 5.26 Å². The molecule has 10 nitrogen and oxygen atoms in total. The fraction of sp³-hybridized carbons (Fsp3) is 0.414. The minimum Gasteiger partial charge on any atom is -0.390 e. The Morgan fingerprint density at radius 1 is 1.07 bits per heavy atom. The van der Waals surface area contributed by atoms with Gasteiger partial charge in [0.2, 0.25) is 0 Å². The highest BCUT2D eigenvalue weighted by Crippen LogP contribution is 2.29. The standard InChI is InChI=1S/C29H35N5O5S/c1-32-10-12-34(13-11-32)24-6-5-20-15-22(4-3-21(20)16-24)26-8-7-23(33(26)2)17-25(18-30)40(37,38)31-19-28-29(36)27(35)9-14-39-28/h3-8,15-17,27-29,31,35-36H,9-14,19H2,1-2H3/b25-17+/t27-,28-,29+/m1/s1. The molecule has 0 unspecified atom stereocenters. The molecule has 11 heteroatoms. The van der Waals surface area contributed by atoms with Crippen LogP contribution in [0, 0.1) is 11.3 Å². The molecule has 0 spiro atoms. The number of fused-ring (bicyclic) bond motifs is 1. The third-order valence-corrected chi connectivity index (χ3v) is 9.16. The fourth-order valence-corrected chi connectivity index (χ4v) is 6.16. The van der Waals surface area contributed by atoms with Gasteiger partial charge in [-0.25, -0.2) is 13.1 Å². The fourth-order valence-electron chi connectivity index (χ4n) is 5.23. The Morgan fingerprint density at radius 3 is 2.55 bits per heavy atom. The van der Waals surface area contributed by atoms with Crippen LogP contribution in [0.3, 0.4) is 0 Å². The predicted molar refractivity (Wildman–Crippen MR) is 155 cm³/mol. The number of rotatable bonds is 7. The Labute approximate surface area is 234 Å². The molecule has 2 saturated heterocycles. The van der Waals surface area contributed by atoms with Crippen molar-refractivity contribution >= 4 is 32.6 Å². The first-order valence-corrected chi connectivity index (χ1v) is 14.9. The van der Waals surface area contributed by atoms with E-state index in [4.69, 9.17) is 4.74 Å². The van der Waals surface area contributed by atoms with Crippen LogP contribution in [-0.2, 0) is 21.8 Å². The van der Waals surface area contributed by atoms with Crippen molar-refractivity contribution in [2.24, 2.45) is 7.05 Å². The van der Waals surface area contributed by atoms with Gasteiger partial charge in [-0.05, 0) is 66.2 Å². The largest absolute Gasteiger partial charge is 0.390 e. The number of nitriles is 1. The van der Waals surface area contributed by atoms with Gasteiger partial charge in [0, 0.05) is 63.5 Å². The summed E-state index contributed by atoms with van der Waals surface area (Å²) in [6.07, 6.45) is -1.49. The number of aliphatic hydroxyl groups is 2. The van der Waals surface area contributed by atoms with Crippen LogP contribution >= 0.6 is 0 Å². The van der Waals surface area contributed by atoms with Gasteiger partial charge in [-0.3, -0.25) is 0 Å². The summed E-state index contributed by atoms with van der Waals surface area (Å²) in [6, 6.07) is 18.2. The Morgan fingerprint density at radius 2 is 1.80 bits per heavy atom. The van der Waals surface area contributed by atoms with Gasteiger partial charge in [0.05, 0.1) is 12.2 Å². The molecule has 3 aromatic rings. The summed E-state index contributed by atoms with van der Waals surface area (Å²) < 4.78 is 35.3. The zero-order chi connectivity index (χ0) is 28.4. The highest BCUT2D eigenvalue weighted by atomic mass is 32.2. The van der Waals surface area contributed by atoms with Crippen molar-refractivity contribution in [1.82, 2.24) is 14.2 Å². The number of anilines is 1. The second-order valence-corrected chi connectivity index (χ2v) is 12.2. The van der Waals surface area contributed by atoms with Gasteiger partial charge >= 0.3 is 0 Å². The number of allylic oxidation sites excluding steroid dienone is 1. The maximum absolute atomic E-state index is 12.9. The number of hydrogen-bond acceptors (Lipinski definition) is 8. The van der Waals surface area contributed by atoms with Crippen LogP contribution in [0.15, 0.2) is 53.4 Å². The predicted octanol–water partition coefficient (Wildman–Crippen LogP) is 1.89. The summed E-state index contributed by atoms with van der Waals surface area (Å²) in [5.41, 5.74) is 3.63. The monoisotopic (exact) mass is 565 g/mol. The van der Waals surface area contributed by atoms with Gasteiger partial charge in [0.1, 0.15) is 12.2 Å². The Hall–Kier alpha value is -3.24. The van der Waals surface area contributed by atoms with Crippen LogP contribution in [0.25, 0.3) is 28.1 Å². The third kappa shape index (κ3) is 5.93. The lowest BCUT2D eigenvalue weighted by atomic mass is 10.0. The summed E-state index contributed by atoms with van der Waals surface area (Å²) in [6.45, 7) is 4.07. The summed E-state index contributed by atoms with van der Waals surface area (Å²) in [7, 11) is -0.201. The Kier molecular flexibility index (Phi) is 8.28. The molecule has 2 aliphatic rings. The van der Waals surface area contributed by atoms with E-state index in [1.807, 2.05) is 23.7 Å². The molecule has 1 aromatic heterocycles. The summed E-state index contributed by atoms with van der Waals surface area (Å²) in [5, 5.41) is 31.8. The topological polar surface area (TPSA) is 131 Å². The van der Waals surface area contributed by atoms with Crippen molar-refractivity contribution in [2.75, 3.05) is 51.3 Å². The molecular weight excluding hydrogens is 530 g/mol. The highest BCUT2D eigenvalue weighted by Gasteiger charge is 2.32. The lowest BCUT2D eigenvalue weighted by Crippen LogP contribution is -2.49. The minimum absolute atomic E-state index is 0.212. The van der Waals surface area contributed by atoms with Crippen molar-refractivity contribution < 1.29 is 23.4 Å². The number of benzene rings is 2. The van der Waals surface area contributed by atoms with Gasteiger partial charge in [-0.15, -0.1) is 0 Å². The van der Waals surface area contributed by atoms with Gasteiger partial charge in [0.15, 0.2) is 4.91 Å². The van der Waals surface area contributed by atoms with Crippen molar-refractivity contribution in [3.8, 4) is 17.3 Å². The van der Waals surface area contributed by atoms with Gasteiger partial charge in [-0.1, -0.05) is 18.2 Å². The van der Waals surface area contributed by atoms with Crippen LogP contribution in [0.1, 0.15) is 12.1 Å². The molecule has 0 bridgehead atoms. The number of piperazine rings is 1. The van der Waals surface area contributed by atoms with E-state index in [0.29, 0.717) is 5.69 Å². The van der Waals surface area contributed by atoms with Gasteiger partial charge in [0.25, 0.3) is 10.0 Å². The number of aliphatic hydroxyl groups excluding tert-OH is 2. The second kappa shape index (κ2) is 11.7. The van der Waals surface area contributed by atoms with Crippen LogP contribution in [0.4, 0.5) is 5.69 Å². The van der Waals surface area contributed by atoms with Gasteiger partial charge < -0.3 is 29.3 Å². The number of ether oxygens (including phenoxy) is 1. The van der Waals surface area contributed by atoms with E-state index in [9.17, 15) is 23.9 Å². The molecule has 2 fully saturated rings. The van der Waals surface area contributed by atoms with Crippen LogP contribution in [-0.4, -0.2) is 92.8 Å². The lowest BCUT2D eigenvalue weighted by Gasteiger charge is -2.34. The zero-order valence-electron chi connectivity index (χ0n) is 22.7. The normalized spacial score (nSPS) is 22.9. The van der Waals surface area contributed by atoms with E-state index in [-0.39, 0.29) is 19.6 Å². The quantitative estimate of drug-likeness (QED) is 0.370. The Balaban J connectivity index is 1.34. The third-order valence-electron chi connectivity index (χ3n) is 7.82. The highest BCUT2D eigenvalue weighted by molar-refractivity contribution is 7.93. The van der Waals surface area contributed by atoms with E-state index < -0.39 is 33.2 Å². The molecule has 3 atom stereocenters. The molecule has 0 radical (unpaired) electrons. The molecule has 0 amide bonds. The molecule has 0 aliphatic carbocycles. The first kappa shape index (κ1) is 28.3. The van der Waals surface area contributed by atoms with Crippen molar-refractivity contribution in [2.45, 2.75) is 24.7 Å². The molecule has 2 aromatic carbocycles. The maximum atomic E-state index is 12.9. The molecule has 40 heavy (non-hydrogen) atoms. The zero-order valence-corrected chi connectivity index (χ0v) is 23.5. The van der Waals surface area contributed by atoms with Crippen LogP contribution in [0.5, 0.6) is 0 Å². The number of hydrogen-bond donors (Lipinski definition) is 3. The van der Waals surface area contributed by atoms with E-state index in [1.54, 1.807) is 12.1 Å². The number of nitrogens with zero attached hydrogens (tertiary/aromatic N) is 4. The van der Waals surface area contributed by atoms with E-state index in [2.05, 4.69) is 51.9 Å². The number of nitrogens with one attached hydrogen (secondary N) is 1. The summed E-state index contributed by atoms with van der Waals surface area (Å²) >= 11 is 0. The molecule has 212 valence electrons. The van der Waals surface area contributed by atoms with E-state index in [0.717, 1.165) is 48.2 Å². The average Bonchev–Trinajstić information content (AvgIpc) is 3.31. The SMILES string of the molecule is CN1CCN(c2ccc3cc(-c4ccc(/C=C(\C#N)S(=O)(=O)NC[C@H]5OCC[C@@H](O)[C@@H]5O)n4C)ccc3c2)CC1.